The maximum atomic E-state index is 12.0. The first-order valence-electron chi connectivity index (χ1n) is 9.65. The number of thioether (sulfide) groups is 1. The lowest BCUT2D eigenvalue weighted by atomic mass is 9.96. The normalized spacial score (nSPS) is 16.8. The van der Waals surface area contributed by atoms with Crippen molar-refractivity contribution in [3.05, 3.63) is 64.2 Å². The molecule has 0 radical (unpaired) electrons. The van der Waals surface area contributed by atoms with Crippen LogP contribution in [-0.2, 0) is 11.2 Å². The Kier molecular flexibility index (Phi) is 5.63. The number of nitrogens with zero attached hydrogens (tertiary/aromatic N) is 3. The number of anilines is 1. The molecule has 0 spiro atoms. The first-order chi connectivity index (χ1) is 14.5. The lowest BCUT2D eigenvalue weighted by Gasteiger charge is -2.20. The van der Waals surface area contributed by atoms with Crippen LogP contribution >= 0.6 is 11.8 Å². The van der Waals surface area contributed by atoms with E-state index in [1.165, 1.54) is 24.2 Å². The van der Waals surface area contributed by atoms with Gasteiger partial charge in [0.25, 0.3) is 0 Å². The van der Waals surface area contributed by atoms with Gasteiger partial charge in [-0.3, -0.25) is 9.79 Å². The van der Waals surface area contributed by atoms with Crippen molar-refractivity contribution in [2.75, 3.05) is 25.8 Å². The van der Waals surface area contributed by atoms with E-state index in [0.29, 0.717) is 23.1 Å². The molecule has 4 rings (SSSR count). The predicted octanol–water partition coefficient (Wildman–Crippen LogP) is 4.35. The summed E-state index contributed by atoms with van der Waals surface area (Å²) in [5.74, 6) is 1.32. The van der Waals surface area contributed by atoms with Gasteiger partial charge >= 0.3 is 0 Å². The minimum Gasteiger partial charge on any atom is -0.493 e. The molecule has 2 heterocycles. The van der Waals surface area contributed by atoms with Gasteiger partial charge in [0.05, 0.1) is 25.6 Å². The fraction of sp³-hybridized carbons (Fsp3) is 0.261. The summed E-state index contributed by atoms with van der Waals surface area (Å²) in [6, 6.07) is 12.0. The molecule has 0 fully saturated rings. The molecule has 0 N–H and O–H groups in total. The average Bonchev–Trinajstić information content (AvgIpc) is 3.17. The fourth-order valence-electron chi connectivity index (χ4n) is 3.40. The number of hydrogen-bond donors (Lipinski definition) is 0. The van der Waals surface area contributed by atoms with Crippen molar-refractivity contribution in [3.63, 3.8) is 0 Å². The van der Waals surface area contributed by atoms with E-state index >= 15 is 0 Å². The van der Waals surface area contributed by atoms with Gasteiger partial charge in [0.1, 0.15) is 5.03 Å². The summed E-state index contributed by atoms with van der Waals surface area (Å²) in [5, 5.41) is 7.65. The Labute approximate surface area is 180 Å². The summed E-state index contributed by atoms with van der Waals surface area (Å²) < 4.78 is 10.9. The van der Waals surface area contributed by atoms with Gasteiger partial charge in [-0.1, -0.05) is 17.7 Å². The number of aryl methyl sites for hydroxylation is 1. The van der Waals surface area contributed by atoms with Crippen molar-refractivity contribution in [3.8, 4) is 11.5 Å². The molecular weight excluding hydrogens is 398 g/mol. The number of carbonyl (C=O) groups is 1. The Hall–Kier alpha value is -3.06. The number of rotatable bonds is 5. The molecule has 2 aromatic carbocycles. The van der Waals surface area contributed by atoms with Crippen LogP contribution in [0.1, 0.15) is 23.6 Å². The number of allylic oxidation sites excluding steroid dienone is 1. The maximum absolute atomic E-state index is 12.0. The molecule has 0 aliphatic carbocycles. The minimum absolute atomic E-state index is 0.0575. The first-order valence-corrected chi connectivity index (χ1v) is 10.5. The van der Waals surface area contributed by atoms with Crippen LogP contribution < -0.4 is 14.5 Å². The molecule has 30 heavy (non-hydrogen) atoms. The Morgan fingerprint density at radius 2 is 1.83 bits per heavy atom. The van der Waals surface area contributed by atoms with Gasteiger partial charge in [0, 0.05) is 19.0 Å². The highest BCUT2D eigenvalue weighted by Crippen LogP contribution is 2.37. The van der Waals surface area contributed by atoms with Crippen molar-refractivity contribution in [2.45, 2.75) is 20.3 Å². The zero-order valence-corrected chi connectivity index (χ0v) is 18.2. The van der Waals surface area contributed by atoms with Gasteiger partial charge in [0.15, 0.2) is 22.3 Å². The molecule has 0 aromatic heterocycles. The van der Waals surface area contributed by atoms with Gasteiger partial charge in [-0.05, 0) is 61.0 Å². The SMILES string of the molecule is COc1cc2c(cc1OC)C(C=C1SC(C(C)=O)=NN1c1ccc(C)cc1)=NCC2. The molecule has 2 aliphatic rings. The van der Waals surface area contributed by atoms with Crippen LogP contribution in [0.2, 0.25) is 0 Å². The molecule has 0 amide bonds. The Balaban J connectivity index is 1.76. The zero-order chi connectivity index (χ0) is 21.3. The highest BCUT2D eigenvalue weighted by atomic mass is 32.2. The van der Waals surface area contributed by atoms with Crippen LogP contribution in [0, 0.1) is 6.92 Å². The molecule has 0 atom stereocenters. The van der Waals surface area contributed by atoms with Gasteiger partial charge < -0.3 is 9.47 Å². The number of hydrogen-bond acceptors (Lipinski definition) is 7. The number of fused-ring (bicyclic) bond motifs is 1. The molecule has 154 valence electrons. The molecule has 0 saturated carbocycles. The molecular formula is C23H23N3O3S. The topological polar surface area (TPSA) is 63.5 Å². The molecule has 2 aromatic rings. The number of Topliss-reactive ketones (excluding diaryl/α,β-unsaturated/α-hetero) is 1. The van der Waals surface area contributed by atoms with E-state index in [2.05, 4.69) is 5.10 Å². The van der Waals surface area contributed by atoms with Crippen molar-refractivity contribution < 1.29 is 14.3 Å². The van der Waals surface area contributed by atoms with E-state index in [4.69, 9.17) is 14.5 Å². The molecule has 0 unspecified atom stereocenters. The molecule has 0 bridgehead atoms. The number of hydrazone groups is 1. The zero-order valence-electron chi connectivity index (χ0n) is 17.4. The van der Waals surface area contributed by atoms with E-state index in [0.717, 1.165) is 34.0 Å². The summed E-state index contributed by atoms with van der Waals surface area (Å²) in [7, 11) is 3.26. The summed E-state index contributed by atoms with van der Waals surface area (Å²) >= 11 is 1.36. The Bertz CT molecular complexity index is 1090. The van der Waals surface area contributed by atoms with Gasteiger partial charge in [-0.25, -0.2) is 5.01 Å². The summed E-state index contributed by atoms with van der Waals surface area (Å²) in [6.07, 6.45) is 2.83. The summed E-state index contributed by atoms with van der Waals surface area (Å²) in [4.78, 5) is 16.7. The fourth-order valence-corrected chi connectivity index (χ4v) is 4.26. The van der Waals surface area contributed by atoms with Crippen LogP contribution in [0.4, 0.5) is 5.69 Å². The molecule has 0 saturated heterocycles. The van der Waals surface area contributed by atoms with Crippen LogP contribution in [0.15, 0.2) is 57.6 Å². The number of aliphatic imine (C=N–C) groups is 1. The Morgan fingerprint density at radius 1 is 1.13 bits per heavy atom. The number of ether oxygens (including phenoxy) is 2. The minimum atomic E-state index is -0.0575. The number of carbonyl (C=O) groups excluding carboxylic acids is 1. The second kappa shape index (κ2) is 8.36. The third kappa shape index (κ3) is 3.85. The maximum Gasteiger partial charge on any atom is 0.186 e. The monoisotopic (exact) mass is 421 g/mol. The van der Waals surface area contributed by atoms with Crippen molar-refractivity contribution >= 4 is 34.0 Å². The van der Waals surface area contributed by atoms with E-state index in [-0.39, 0.29) is 5.78 Å². The van der Waals surface area contributed by atoms with E-state index < -0.39 is 0 Å². The van der Waals surface area contributed by atoms with Gasteiger partial charge in [0.2, 0.25) is 0 Å². The standard InChI is InChI=1S/C23H23N3O3S/c1-14-5-7-17(8-6-14)26-22(30-23(25-26)15(2)27)13-19-18-12-21(29-4)20(28-3)11-16(18)9-10-24-19/h5-8,11-13H,9-10H2,1-4H3. The quantitative estimate of drug-likeness (QED) is 0.718. The third-order valence-electron chi connectivity index (χ3n) is 4.99. The Morgan fingerprint density at radius 3 is 2.50 bits per heavy atom. The van der Waals surface area contributed by atoms with Gasteiger partial charge in [-0.15, -0.1) is 0 Å². The second-order valence-corrected chi connectivity index (χ2v) is 8.08. The van der Waals surface area contributed by atoms with Crippen molar-refractivity contribution in [2.24, 2.45) is 10.1 Å². The van der Waals surface area contributed by atoms with Crippen LogP contribution in [0.3, 0.4) is 0 Å². The number of ketones is 1. The first kappa shape index (κ1) is 20.2. The van der Waals surface area contributed by atoms with Crippen molar-refractivity contribution in [1.82, 2.24) is 0 Å². The van der Waals surface area contributed by atoms with E-state index in [1.54, 1.807) is 19.2 Å². The van der Waals surface area contributed by atoms with Crippen LogP contribution in [-0.4, -0.2) is 37.3 Å². The largest absolute Gasteiger partial charge is 0.493 e. The molecule has 6 nitrogen and oxygen atoms in total. The highest BCUT2D eigenvalue weighted by molar-refractivity contribution is 8.19. The summed E-state index contributed by atoms with van der Waals surface area (Å²) in [6.45, 7) is 4.27. The third-order valence-corrected chi connectivity index (χ3v) is 6.05. The lowest BCUT2D eigenvalue weighted by Crippen LogP contribution is -2.15. The molecule has 2 aliphatic heterocycles. The van der Waals surface area contributed by atoms with Crippen LogP contribution in [0.25, 0.3) is 0 Å². The smallest absolute Gasteiger partial charge is 0.186 e. The number of benzene rings is 2. The predicted molar refractivity (Wildman–Crippen MR) is 122 cm³/mol. The van der Waals surface area contributed by atoms with E-state index in [9.17, 15) is 4.79 Å². The molecule has 7 heteroatoms. The second-order valence-electron chi connectivity index (χ2n) is 7.07. The lowest BCUT2D eigenvalue weighted by molar-refractivity contribution is -0.110. The number of methoxy groups -OCH3 is 2. The summed E-state index contributed by atoms with van der Waals surface area (Å²) in [5.41, 5.74) is 5.08. The van der Waals surface area contributed by atoms with Gasteiger partial charge in [-0.2, -0.15) is 5.10 Å². The highest BCUT2D eigenvalue weighted by Gasteiger charge is 2.27. The van der Waals surface area contributed by atoms with E-state index in [1.807, 2.05) is 49.4 Å². The average molecular weight is 422 g/mol. The van der Waals surface area contributed by atoms with Crippen LogP contribution in [0.5, 0.6) is 11.5 Å². The van der Waals surface area contributed by atoms with Crippen molar-refractivity contribution in [1.29, 1.82) is 0 Å².